The number of nitrogens with zero attached hydrogens (tertiary/aromatic N) is 3. The summed E-state index contributed by atoms with van der Waals surface area (Å²) in [5.41, 5.74) is 1.46. The van der Waals surface area contributed by atoms with Gasteiger partial charge >= 0.3 is 0 Å². The average molecular weight is 288 g/mol. The van der Waals surface area contributed by atoms with Gasteiger partial charge in [0.2, 0.25) is 5.13 Å². The molecular formula is C14H16N4OS. The summed E-state index contributed by atoms with van der Waals surface area (Å²) in [5.74, 6) is -0.155. The van der Waals surface area contributed by atoms with Crippen molar-refractivity contribution in [3.05, 3.63) is 40.9 Å². The monoisotopic (exact) mass is 288 g/mol. The van der Waals surface area contributed by atoms with Gasteiger partial charge in [-0.3, -0.25) is 4.79 Å². The molecule has 0 aliphatic heterocycles. The quantitative estimate of drug-likeness (QED) is 0.695. The number of aliphatic imine (C=N–C) groups is 1. The fourth-order valence-corrected chi connectivity index (χ4v) is 2.32. The molecule has 0 fully saturated rings. The Morgan fingerprint density at radius 2 is 2.05 bits per heavy atom. The highest BCUT2D eigenvalue weighted by Gasteiger charge is 2.15. The lowest BCUT2D eigenvalue weighted by atomic mass is 10.3. The Balaban J connectivity index is 2.14. The van der Waals surface area contributed by atoms with Gasteiger partial charge < -0.3 is 10.2 Å². The Kier molecular flexibility index (Phi) is 4.47. The van der Waals surface area contributed by atoms with Crippen molar-refractivity contribution in [2.75, 3.05) is 19.4 Å². The van der Waals surface area contributed by atoms with Gasteiger partial charge in [-0.2, -0.15) is 0 Å². The van der Waals surface area contributed by atoms with Crippen molar-refractivity contribution in [3.8, 4) is 0 Å². The number of aromatic nitrogens is 1. The maximum absolute atomic E-state index is 12.2. The number of anilines is 1. The van der Waals surface area contributed by atoms with E-state index >= 15 is 0 Å². The minimum absolute atomic E-state index is 0.155. The molecule has 0 spiro atoms. The summed E-state index contributed by atoms with van der Waals surface area (Å²) >= 11 is 1.28. The van der Waals surface area contributed by atoms with Crippen LogP contribution in [0.2, 0.25) is 0 Å². The van der Waals surface area contributed by atoms with Crippen LogP contribution in [0.3, 0.4) is 0 Å². The Labute approximate surface area is 122 Å². The van der Waals surface area contributed by atoms with Gasteiger partial charge in [0.15, 0.2) is 0 Å². The third-order valence-corrected chi connectivity index (χ3v) is 3.49. The highest BCUT2D eigenvalue weighted by molar-refractivity contribution is 7.17. The molecule has 0 aliphatic carbocycles. The third-order valence-electron chi connectivity index (χ3n) is 2.42. The van der Waals surface area contributed by atoms with Crippen LogP contribution in [0, 0.1) is 6.92 Å². The highest BCUT2D eigenvalue weighted by atomic mass is 32.1. The summed E-state index contributed by atoms with van der Waals surface area (Å²) in [4.78, 5) is 23.1. The summed E-state index contributed by atoms with van der Waals surface area (Å²) in [6.45, 7) is 1.81. The second-order valence-corrected chi connectivity index (χ2v) is 5.42. The zero-order valence-electron chi connectivity index (χ0n) is 11.6. The summed E-state index contributed by atoms with van der Waals surface area (Å²) < 4.78 is 0. The lowest BCUT2D eigenvalue weighted by Crippen LogP contribution is -2.11. The SMILES string of the molecule is Cc1nc(/N=C\N(C)C)sc1C(=O)Nc1ccccc1. The van der Waals surface area contributed by atoms with E-state index in [0.717, 1.165) is 5.69 Å². The van der Waals surface area contributed by atoms with Crippen LogP contribution < -0.4 is 5.32 Å². The molecule has 2 aromatic rings. The fraction of sp³-hybridized carbons (Fsp3) is 0.214. The normalized spacial score (nSPS) is 10.8. The van der Waals surface area contributed by atoms with Gasteiger partial charge in [-0.1, -0.05) is 29.5 Å². The molecule has 0 saturated heterocycles. The summed E-state index contributed by atoms with van der Waals surface area (Å²) in [6.07, 6.45) is 1.66. The lowest BCUT2D eigenvalue weighted by Gasteiger charge is -2.02. The molecule has 20 heavy (non-hydrogen) atoms. The fourth-order valence-electron chi connectivity index (χ4n) is 1.52. The number of aryl methyl sites for hydroxylation is 1. The van der Waals surface area contributed by atoms with Gasteiger partial charge in [0.05, 0.1) is 12.0 Å². The molecular weight excluding hydrogens is 272 g/mol. The van der Waals surface area contributed by atoms with E-state index < -0.39 is 0 Å². The summed E-state index contributed by atoms with van der Waals surface area (Å²) in [7, 11) is 3.76. The van der Waals surface area contributed by atoms with Crippen molar-refractivity contribution >= 4 is 34.4 Å². The van der Waals surface area contributed by atoms with E-state index in [2.05, 4.69) is 15.3 Å². The molecule has 0 aliphatic rings. The summed E-state index contributed by atoms with van der Waals surface area (Å²) in [6, 6.07) is 9.35. The van der Waals surface area contributed by atoms with Crippen LogP contribution in [0.4, 0.5) is 10.8 Å². The van der Waals surface area contributed by atoms with Crippen molar-refractivity contribution < 1.29 is 4.79 Å². The first-order chi connectivity index (χ1) is 9.56. The minimum Gasteiger partial charge on any atom is -0.369 e. The highest BCUT2D eigenvalue weighted by Crippen LogP contribution is 2.25. The van der Waals surface area contributed by atoms with Gasteiger partial charge in [-0.05, 0) is 19.1 Å². The largest absolute Gasteiger partial charge is 0.369 e. The summed E-state index contributed by atoms with van der Waals surface area (Å²) in [5, 5.41) is 3.42. The molecule has 1 heterocycles. The maximum Gasteiger partial charge on any atom is 0.267 e. The Bertz CT molecular complexity index is 619. The molecule has 0 saturated carbocycles. The lowest BCUT2D eigenvalue weighted by molar-refractivity contribution is 0.103. The van der Waals surface area contributed by atoms with Gasteiger partial charge in [-0.25, -0.2) is 9.98 Å². The van der Waals surface area contributed by atoms with Gasteiger partial charge in [0.25, 0.3) is 5.91 Å². The number of para-hydroxylation sites is 1. The van der Waals surface area contributed by atoms with Gasteiger partial charge in [0.1, 0.15) is 4.88 Å². The van der Waals surface area contributed by atoms with Crippen molar-refractivity contribution in [1.29, 1.82) is 0 Å². The Hall–Kier alpha value is -2.21. The molecule has 1 N–H and O–H groups in total. The molecule has 2 rings (SSSR count). The molecule has 0 bridgehead atoms. The van der Waals surface area contributed by atoms with E-state index in [0.29, 0.717) is 15.7 Å². The second-order valence-electron chi connectivity index (χ2n) is 4.44. The number of carbonyl (C=O) groups is 1. The molecule has 1 amide bonds. The third kappa shape index (κ3) is 3.64. The topological polar surface area (TPSA) is 57.6 Å². The number of nitrogens with one attached hydrogen (secondary N) is 1. The minimum atomic E-state index is -0.155. The van der Waals surface area contributed by atoms with E-state index in [-0.39, 0.29) is 5.91 Å². The van der Waals surface area contributed by atoms with Crippen LogP contribution in [0.1, 0.15) is 15.4 Å². The van der Waals surface area contributed by atoms with Crippen LogP contribution in [0.5, 0.6) is 0 Å². The van der Waals surface area contributed by atoms with Gasteiger partial charge in [-0.15, -0.1) is 0 Å². The van der Waals surface area contributed by atoms with E-state index in [1.54, 1.807) is 6.34 Å². The van der Waals surface area contributed by atoms with E-state index in [9.17, 15) is 4.79 Å². The molecule has 0 radical (unpaired) electrons. The molecule has 0 atom stereocenters. The first-order valence-electron chi connectivity index (χ1n) is 6.10. The molecule has 6 heteroatoms. The molecule has 1 aromatic heterocycles. The van der Waals surface area contributed by atoms with Crippen LogP contribution >= 0.6 is 11.3 Å². The maximum atomic E-state index is 12.2. The van der Waals surface area contributed by atoms with Crippen LogP contribution in [0.25, 0.3) is 0 Å². The predicted molar refractivity (Wildman–Crippen MR) is 83.1 cm³/mol. The molecule has 1 aromatic carbocycles. The number of hydrogen-bond donors (Lipinski definition) is 1. The Morgan fingerprint density at radius 1 is 1.35 bits per heavy atom. The van der Waals surface area contributed by atoms with E-state index in [1.165, 1.54) is 11.3 Å². The zero-order valence-corrected chi connectivity index (χ0v) is 12.4. The first-order valence-corrected chi connectivity index (χ1v) is 6.92. The zero-order chi connectivity index (χ0) is 14.5. The number of hydrogen-bond acceptors (Lipinski definition) is 4. The number of benzene rings is 1. The number of thiazole rings is 1. The smallest absolute Gasteiger partial charge is 0.267 e. The predicted octanol–water partition coefficient (Wildman–Crippen LogP) is 2.93. The average Bonchev–Trinajstić information content (AvgIpc) is 2.79. The van der Waals surface area contributed by atoms with Gasteiger partial charge in [0, 0.05) is 19.8 Å². The Morgan fingerprint density at radius 3 is 2.70 bits per heavy atom. The van der Waals surface area contributed by atoms with E-state index in [1.807, 2.05) is 56.3 Å². The van der Waals surface area contributed by atoms with Crippen LogP contribution in [0.15, 0.2) is 35.3 Å². The molecule has 5 nitrogen and oxygen atoms in total. The van der Waals surface area contributed by atoms with Crippen LogP contribution in [-0.4, -0.2) is 36.2 Å². The van der Waals surface area contributed by atoms with E-state index in [4.69, 9.17) is 0 Å². The number of amides is 1. The van der Waals surface area contributed by atoms with Crippen LogP contribution in [-0.2, 0) is 0 Å². The van der Waals surface area contributed by atoms with Crippen molar-refractivity contribution in [2.24, 2.45) is 4.99 Å². The first kappa shape index (κ1) is 14.2. The van der Waals surface area contributed by atoms with Crippen molar-refractivity contribution in [1.82, 2.24) is 9.88 Å². The van der Waals surface area contributed by atoms with Crippen molar-refractivity contribution in [3.63, 3.8) is 0 Å². The molecule has 104 valence electrons. The number of rotatable bonds is 4. The standard InChI is InChI=1S/C14H16N4OS/c1-10-12(20-14(16-10)15-9-18(2)3)13(19)17-11-7-5-4-6-8-11/h4-9H,1-3H3,(H,17,19)/b15-9-. The second kappa shape index (κ2) is 6.29. The molecule has 0 unspecified atom stereocenters. The van der Waals surface area contributed by atoms with Crippen molar-refractivity contribution in [2.45, 2.75) is 6.92 Å². The number of carbonyl (C=O) groups excluding carboxylic acids is 1.